The molecule has 1 aliphatic heterocycles. The van der Waals surface area contributed by atoms with Crippen LogP contribution < -0.4 is 5.32 Å². The van der Waals surface area contributed by atoms with Gasteiger partial charge in [-0.3, -0.25) is 14.7 Å². The molecule has 0 saturated carbocycles. The molecular formula is C20H25N3O2. The third kappa shape index (κ3) is 4.57. The van der Waals surface area contributed by atoms with Crippen molar-refractivity contribution in [2.24, 2.45) is 5.92 Å². The van der Waals surface area contributed by atoms with Crippen molar-refractivity contribution in [3.05, 3.63) is 59.4 Å². The number of phenols is 1. The van der Waals surface area contributed by atoms with E-state index >= 15 is 0 Å². The Hall–Kier alpha value is -2.40. The van der Waals surface area contributed by atoms with Gasteiger partial charge in [-0.05, 0) is 56.5 Å². The molecule has 0 bridgehead atoms. The van der Waals surface area contributed by atoms with Gasteiger partial charge in [0.05, 0.1) is 5.69 Å². The number of aromatic nitrogens is 1. The van der Waals surface area contributed by atoms with Crippen molar-refractivity contribution in [2.45, 2.75) is 26.3 Å². The fourth-order valence-corrected chi connectivity index (χ4v) is 3.38. The number of nitrogens with zero attached hydrogens (tertiary/aromatic N) is 2. The third-order valence-corrected chi connectivity index (χ3v) is 4.82. The van der Waals surface area contributed by atoms with E-state index in [1.54, 1.807) is 25.1 Å². The zero-order valence-electron chi connectivity index (χ0n) is 14.6. The highest BCUT2D eigenvalue weighted by Gasteiger charge is 2.21. The second-order valence-electron chi connectivity index (χ2n) is 6.72. The lowest BCUT2D eigenvalue weighted by Crippen LogP contribution is -2.40. The normalized spacial score (nSPS) is 18.0. The number of hydrogen-bond donors (Lipinski definition) is 2. The maximum atomic E-state index is 12.4. The van der Waals surface area contributed by atoms with E-state index < -0.39 is 0 Å². The SMILES string of the molecule is Cc1c(O)cccc1C(=O)NCC1CCCN(Cc2ccccn2)C1. The second kappa shape index (κ2) is 8.12. The summed E-state index contributed by atoms with van der Waals surface area (Å²) >= 11 is 0. The van der Waals surface area contributed by atoms with Gasteiger partial charge in [0.15, 0.2) is 0 Å². The van der Waals surface area contributed by atoms with Crippen LogP contribution in [0.5, 0.6) is 5.75 Å². The molecule has 1 aromatic carbocycles. The number of nitrogens with one attached hydrogen (secondary N) is 1. The number of phenolic OH excluding ortho intramolecular Hbond substituents is 1. The van der Waals surface area contributed by atoms with Crippen molar-refractivity contribution in [3.8, 4) is 5.75 Å². The Balaban J connectivity index is 1.52. The summed E-state index contributed by atoms with van der Waals surface area (Å²) in [5.41, 5.74) is 2.25. The van der Waals surface area contributed by atoms with Gasteiger partial charge in [0.1, 0.15) is 5.75 Å². The van der Waals surface area contributed by atoms with Crippen molar-refractivity contribution in [2.75, 3.05) is 19.6 Å². The molecule has 1 unspecified atom stereocenters. The number of aromatic hydroxyl groups is 1. The first-order valence-electron chi connectivity index (χ1n) is 8.82. The smallest absolute Gasteiger partial charge is 0.251 e. The predicted molar refractivity (Wildman–Crippen MR) is 97.4 cm³/mol. The van der Waals surface area contributed by atoms with Crippen molar-refractivity contribution >= 4 is 5.91 Å². The number of hydrogen-bond acceptors (Lipinski definition) is 4. The quantitative estimate of drug-likeness (QED) is 0.879. The zero-order chi connectivity index (χ0) is 17.6. The summed E-state index contributed by atoms with van der Waals surface area (Å²) < 4.78 is 0. The van der Waals surface area contributed by atoms with Crippen molar-refractivity contribution in [3.63, 3.8) is 0 Å². The van der Waals surface area contributed by atoms with Crippen LogP contribution in [0.3, 0.4) is 0 Å². The molecule has 5 nitrogen and oxygen atoms in total. The molecule has 0 aliphatic carbocycles. The molecule has 1 saturated heterocycles. The second-order valence-corrected chi connectivity index (χ2v) is 6.72. The Bertz CT molecular complexity index is 718. The Morgan fingerprint density at radius 2 is 2.20 bits per heavy atom. The fraction of sp³-hybridized carbons (Fsp3) is 0.400. The monoisotopic (exact) mass is 339 g/mol. The molecule has 2 aromatic rings. The lowest BCUT2D eigenvalue weighted by atomic mass is 9.97. The van der Waals surface area contributed by atoms with Crippen LogP contribution in [0.1, 0.15) is 34.5 Å². The lowest BCUT2D eigenvalue weighted by Gasteiger charge is -2.32. The van der Waals surface area contributed by atoms with Gasteiger partial charge in [-0.2, -0.15) is 0 Å². The topological polar surface area (TPSA) is 65.5 Å². The fourth-order valence-electron chi connectivity index (χ4n) is 3.38. The van der Waals surface area contributed by atoms with Crippen LogP contribution in [0.2, 0.25) is 0 Å². The Morgan fingerprint density at radius 1 is 1.32 bits per heavy atom. The van der Waals surface area contributed by atoms with E-state index in [0.717, 1.165) is 38.2 Å². The third-order valence-electron chi connectivity index (χ3n) is 4.82. The summed E-state index contributed by atoms with van der Waals surface area (Å²) in [4.78, 5) is 19.2. The van der Waals surface area contributed by atoms with Crippen LogP contribution in [-0.2, 0) is 6.54 Å². The zero-order valence-corrected chi connectivity index (χ0v) is 14.6. The summed E-state index contributed by atoms with van der Waals surface area (Å²) in [6.07, 6.45) is 4.09. The van der Waals surface area contributed by atoms with Crippen LogP contribution in [0.25, 0.3) is 0 Å². The number of amides is 1. The number of piperidine rings is 1. The summed E-state index contributed by atoms with van der Waals surface area (Å²) in [5, 5.41) is 12.8. The molecule has 1 atom stereocenters. The first-order chi connectivity index (χ1) is 12.1. The van der Waals surface area contributed by atoms with Crippen LogP contribution in [0.4, 0.5) is 0 Å². The number of rotatable bonds is 5. The van der Waals surface area contributed by atoms with E-state index in [-0.39, 0.29) is 11.7 Å². The highest BCUT2D eigenvalue weighted by atomic mass is 16.3. The Kier molecular flexibility index (Phi) is 5.66. The van der Waals surface area contributed by atoms with Gasteiger partial charge in [0.25, 0.3) is 5.91 Å². The van der Waals surface area contributed by atoms with Gasteiger partial charge in [0, 0.05) is 37.0 Å². The molecule has 0 radical (unpaired) electrons. The molecule has 1 fully saturated rings. The van der Waals surface area contributed by atoms with E-state index in [0.29, 0.717) is 23.6 Å². The molecule has 25 heavy (non-hydrogen) atoms. The summed E-state index contributed by atoms with van der Waals surface area (Å²) in [6, 6.07) is 11.0. The Morgan fingerprint density at radius 3 is 3.00 bits per heavy atom. The molecule has 2 N–H and O–H groups in total. The highest BCUT2D eigenvalue weighted by molar-refractivity contribution is 5.96. The van der Waals surface area contributed by atoms with E-state index in [9.17, 15) is 9.90 Å². The molecule has 1 amide bonds. The molecule has 132 valence electrons. The van der Waals surface area contributed by atoms with Crippen LogP contribution in [0, 0.1) is 12.8 Å². The minimum absolute atomic E-state index is 0.116. The average Bonchev–Trinajstić information content (AvgIpc) is 2.63. The standard InChI is InChI=1S/C20H25N3O2/c1-15-18(8-4-9-19(15)24)20(25)22-12-16-6-5-11-23(13-16)14-17-7-2-3-10-21-17/h2-4,7-10,16,24H,5-6,11-14H2,1H3,(H,22,25). The number of carbonyl (C=O) groups excluding carboxylic acids is 1. The van der Waals surface area contributed by atoms with E-state index in [4.69, 9.17) is 0 Å². The largest absolute Gasteiger partial charge is 0.508 e. The number of carbonyl (C=O) groups is 1. The molecule has 1 aliphatic rings. The van der Waals surface area contributed by atoms with Crippen LogP contribution in [0.15, 0.2) is 42.6 Å². The summed E-state index contributed by atoms with van der Waals surface area (Å²) in [5.74, 6) is 0.487. The van der Waals surface area contributed by atoms with E-state index in [1.165, 1.54) is 0 Å². The average molecular weight is 339 g/mol. The predicted octanol–water partition coefficient (Wildman–Crippen LogP) is 2.74. The number of likely N-dealkylation sites (tertiary alicyclic amines) is 1. The molecule has 3 rings (SSSR count). The van der Waals surface area contributed by atoms with Crippen molar-refractivity contribution < 1.29 is 9.90 Å². The van der Waals surface area contributed by atoms with Gasteiger partial charge < -0.3 is 10.4 Å². The molecule has 0 spiro atoms. The van der Waals surface area contributed by atoms with Gasteiger partial charge in [-0.25, -0.2) is 0 Å². The van der Waals surface area contributed by atoms with Crippen LogP contribution in [-0.4, -0.2) is 40.5 Å². The summed E-state index contributed by atoms with van der Waals surface area (Å²) in [6.45, 7) is 5.33. The Labute approximate surface area is 148 Å². The van der Waals surface area contributed by atoms with Crippen molar-refractivity contribution in [1.82, 2.24) is 15.2 Å². The maximum absolute atomic E-state index is 12.4. The first-order valence-corrected chi connectivity index (χ1v) is 8.82. The minimum Gasteiger partial charge on any atom is -0.508 e. The van der Waals surface area contributed by atoms with E-state index in [1.807, 2.05) is 18.3 Å². The molecule has 5 heteroatoms. The molecular weight excluding hydrogens is 314 g/mol. The van der Waals surface area contributed by atoms with E-state index in [2.05, 4.69) is 21.3 Å². The minimum atomic E-state index is -0.116. The van der Waals surface area contributed by atoms with Gasteiger partial charge >= 0.3 is 0 Å². The van der Waals surface area contributed by atoms with Gasteiger partial charge in [-0.15, -0.1) is 0 Å². The first kappa shape index (κ1) is 17.4. The maximum Gasteiger partial charge on any atom is 0.251 e. The van der Waals surface area contributed by atoms with Crippen LogP contribution >= 0.6 is 0 Å². The molecule has 2 heterocycles. The summed E-state index contributed by atoms with van der Waals surface area (Å²) in [7, 11) is 0. The van der Waals surface area contributed by atoms with Crippen molar-refractivity contribution in [1.29, 1.82) is 0 Å². The van der Waals surface area contributed by atoms with Gasteiger partial charge in [-0.1, -0.05) is 12.1 Å². The van der Waals surface area contributed by atoms with Gasteiger partial charge in [0.2, 0.25) is 0 Å². The number of benzene rings is 1. The highest BCUT2D eigenvalue weighted by Crippen LogP contribution is 2.20. The number of pyridine rings is 1. The lowest BCUT2D eigenvalue weighted by molar-refractivity contribution is 0.0929. The molecule has 1 aromatic heterocycles.